The molecule has 2 unspecified atom stereocenters. The molecule has 0 heterocycles. The second kappa shape index (κ2) is 7.57. The van der Waals surface area contributed by atoms with Crippen LogP contribution in [0.25, 0.3) is 0 Å². The normalized spacial score (nSPS) is 24.7. The van der Waals surface area contributed by atoms with E-state index in [-0.39, 0.29) is 24.8 Å². The second-order valence-electron chi connectivity index (χ2n) is 7.65. The fourth-order valence-corrected chi connectivity index (χ4v) is 15.0. The van der Waals surface area contributed by atoms with Crippen molar-refractivity contribution in [1.82, 2.24) is 0 Å². The summed E-state index contributed by atoms with van der Waals surface area (Å²) in [5, 5.41) is 5.25. The molecule has 0 bridgehead atoms. The first kappa shape index (κ1) is 22.5. The number of hydrogen-bond acceptors (Lipinski definition) is 0. The molecule has 0 N–H and O–H groups in total. The van der Waals surface area contributed by atoms with Gasteiger partial charge in [-0.05, 0) is 0 Å². The van der Waals surface area contributed by atoms with Crippen LogP contribution in [0.3, 0.4) is 0 Å². The van der Waals surface area contributed by atoms with Gasteiger partial charge in [-0.25, -0.2) is 0 Å². The van der Waals surface area contributed by atoms with E-state index in [1.54, 1.807) is 18.9 Å². The van der Waals surface area contributed by atoms with Crippen LogP contribution in [0.15, 0.2) is 43.2 Å². The predicted octanol–water partition coefficient (Wildman–Crippen LogP) is 5.90. The molecule has 0 radical (unpaired) electrons. The van der Waals surface area contributed by atoms with Gasteiger partial charge in [-0.3, -0.25) is 0 Å². The first-order chi connectivity index (χ1) is 9.18. The number of rotatable bonds is 4. The first-order valence-electron chi connectivity index (χ1n) is 8.11. The summed E-state index contributed by atoms with van der Waals surface area (Å²) >= 11 is -2.70. The van der Waals surface area contributed by atoms with E-state index < -0.39 is 14.0 Å². The molecule has 0 aromatic carbocycles. The minimum absolute atomic E-state index is 0. The van der Waals surface area contributed by atoms with Crippen LogP contribution >= 0.6 is 24.8 Å². The average Bonchev–Trinajstić information content (AvgIpc) is 2.92. The second-order valence-corrected chi connectivity index (χ2v) is 26.6. The Morgan fingerprint density at radius 3 is 1.41 bits per heavy atom. The van der Waals surface area contributed by atoms with Gasteiger partial charge in [0, 0.05) is 0 Å². The van der Waals surface area contributed by atoms with Crippen LogP contribution < -0.4 is 0 Å². The molecule has 0 aromatic heterocycles. The van der Waals surface area contributed by atoms with E-state index in [9.17, 15) is 0 Å². The quantitative estimate of drug-likeness (QED) is 0.520. The molecule has 0 amide bonds. The average molecular weight is 395 g/mol. The van der Waals surface area contributed by atoms with Crippen LogP contribution in [-0.4, -0.2) is 7.63 Å². The van der Waals surface area contributed by atoms with E-state index in [2.05, 4.69) is 70.1 Å². The Kier molecular flexibility index (Phi) is 7.73. The third kappa shape index (κ3) is 3.92. The molecule has 0 fully saturated rings. The van der Waals surface area contributed by atoms with E-state index in [4.69, 9.17) is 0 Å². The zero-order valence-corrected chi connectivity index (χ0v) is 19.5. The van der Waals surface area contributed by atoms with Crippen LogP contribution in [0.4, 0.5) is 0 Å². The van der Waals surface area contributed by atoms with E-state index in [1.807, 2.05) is 0 Å². The zero-order chi connectivity index (χ0) is 15.2. The molecule has 126 valence electrons. The molecule has 22 heavy (non-hydrogen) atoms. The predicted molar refractivity (Wildman–Crippen MR) is 106 cm³/mol. The Hall–Kier alpha value is 0.471. The van der Waals surface area contributed by atoms with E-state index >= 15 is 0 Å². The van der Waals surface area contributed by atoms with Crippen molar-refractivity contribution < 1.29 is 14.0 Å². The standard InChI is InChI=1S/2C8H11.2CH3.2ClH.H2Si.Ti/c2*1-3-8-5-4-7(2)6-8;;;;;;/h2*5-7H,3H2,1-2H3;2*1H3;2*1H;1H2;. The Balaban J connectivity index is 0.00000220. The van der Waals surface area contributed by atoms with Gasteiger partial charge in [-0.15, -0.1) is 24.8 Å². The molecular weight excluding hydrogens is 363 g/mol. The van der Waals surface area contributed by atoms with Crippen molar-refractivity contribution in [2.75, 3.05) is 0 Å². The van der Waals surface area contributed by atoms with Crippen molar-refractivity contribution in [2.24, 2.45) is 11.8 Å². The Bertz CT molecular complexity index is 569. The maximum Gasteiger partial charge on any atom is -0.147 e. The summed E-state index contributed by atoms with van der Waals surface area (Å²) in [7, 11) is 2.36. The van der Waals surface area contributed by atoms with Gasteiger partial charge in [-0.1, -0.05) is 0 Å². The van der Waals surface area contributed by atoms with E-state index in [0.717, 1.165) is 0 Å². The third-order valence-electron chi connectivity index (χ3n) is 5.26. The molecule has 0 spiro atoms. The number of hydrogen-bond donors (Lipinski definition) is 0. The van der Waals surface area contributed by atoms with Gasteiger partial charge in [0.2, 0.25) is 0 Å². The van der Waals surface area contributed by atoms with Gasteiger partial charge in [0.25, 0.3) is 0 Å². The van der Waals surface area contributed by atoms with Gasteiger partial charge in [0.15, 0.2) is 0 Å². The summed E-state index contributed by atoms with van der Waals surface area (Å²) in [5.74, 6) is 1.29. The van der Waals surface area contributed by atoms with Crippen LogP contribution in [0.1, 0.15) is 40.5 Å². The smallest absolute Gasteiger partial charge is 0.147 e. The van der Waals surface area contributed by atoms with Crippen molar-refractivity contribution in [2.45, 2.75) is 51.0 Å². The van der Waals surface area contributed by atoms with Gasteiger partial charge < -0.3 is 0 Å². The largest absolute Gasteiger partial charge is 0.147 e. The molecule has 4 heteroatoms. The molecule has 2 rings (SSSR count). The molecule has 2 aliphatic rings. The summed E-state index contributed by atoms with van der Waals surface area (Å²) < 4.78 is 3.56. The van der Waals surface area contributed by atoms with Gasteiger partial charge in [0.05, 0.1) is 0 Å². The Morgan fingerprint density at radius 2 is 1.18 bits per heavy atom. The summed E-state index contributed by atoms with van der Waals surface area (Å²) in [6.45, 7) is 9.34. The maximum atomic E-state index is 2.62. The molecule has 0 aliphatic heterocycles. The first-order valence-corrected chi connectivity index (χ1v) is 16.8. The maximum absolute atomic E-state index is 2.70. The Morgan fingerprint density at radius 1 is 0.864 bits per heavy atom. The van der Waals surface area contributed by atoms with E-state index in [0.29, 0.717) is 11.8 Å². The molecule has 2 atom stereocenters. The van der Waals surface area contributed by atoms with Gasteiger partial charge >= 0.3 is 128 Å². The van der Waals surface area contributed by atoms with Crippen molar-refractivity contribution >= 4 is 32.4 Å². The molecule has 0 aromatic rings. The molecular formula is C18H32Cl2SiTi. The Labute approximate surface area is 151 Å². The summed E-state index contributed by atoms with van der Waals surface area (Å²) in [6.07, 6.45) is 12.4. The summed E-state index contributed by atoms with van der Waals surface area (Å²) in [6, 6.07) is 0. The topological polar surface area (TPSA) is 0 Å². The van der Waals surface area contributed by atoms with Gasteiger partial charge in [0.1, 0.15) is 0 Å². The van der Waals surface area contributed by atoms with Crippen LogP contribution in [0, 0.1) is 11.8 Å². The van der Waals surface area contributed by atoms with E-state index in [1.165, 1.54) is 12.8 Å². The summed E-state index contributed by atoms with van der Waals surface area (Å²) in [4.78, 5) is 0. The minimum atomic E-state index is -2.70. The summed E-state index contributed by atoms with van der Waals surface area (Å²) in [5.41, 5.74) is 3.10. The zero-order valence-electron chi connectivity index (χ0n) is 14.9. The molecule has 0 saturated heterocycles. The van der Waals surface area contributed by atoms with Crippen molar-refractivity contribution in [3.8, 4) is 0 Å². The molecule has 0 nitrogen and oxygen atoms in total. The molecule has 2 aliphatic carbocycles. The molecule has 0 saturated carbocycles. The van der Waals surface area contributed by atoms with Gasteiger partial charge in [-0.2, -0.15) is 0 Å². The van der Waals surface area contributed by atoms with Crippen molar-refractivity contribution in [3.05, 3.63) is 43.2 Å². The van der Waals surface area contributed by atoms with Crippen LogP contribution in [0.2, 0.25) is 10.5 Å². The monoisotopic (exact) mass is 394 g/mol. The number of halogens is 2. The fraction of sp³-hybridized carbons (Fsp3) is 0.556. The van der Waals surface area contributed by atoms with Crippen molar-refractivity contribution in [1.29, 1.82) is 0 Å². The van der Waals surface area contributed by atoms with Crippen LogP contribution in [0.5, 0.6) is 0 Å². The fourth-order valence-electron chi connectivity index (χ4n) is 4.11. The minimum Gasteiger partial charge on any atom is -0.147 e. The van der Waals surface area contributed by atoms with Crippen molar-refractivity contribution in [3.63, 3.8) is 0 Å². The SMILES string of the molecule is CCC1=CC(C)[C]([Ti]([CH3])([CH3])(=[SiH2])[C]2=CC(CC)=CC2C)=C1.Cl.Cl. The third-order valence-corrected chi connectivity index (χ3v) is 16.3. The van der Waals surface area contributed by atoms with Crippen LogP contribution in [-0.2, 0) is 14.0 Å². The number of allylic oxidation sites excluding steroid dienone is 8.